The summed E-state index contributed by atoms with van der Waals surface area (Å²) in [6.45, 7) is 2.24. The average molecular weight is 289 g/mol. The van der Waals surface area contributed by atoms with E-state index in [1.165, 1.54) is 6.07 Å². The maximum atomic E-state index is 13.8. The summed E-state index contributed by atoms with van der Waals surface area (Å²) in [4.78, 5) is 0. The van der Waals surface area contributed by atoms with Crippen LogP contribution in [0.1, 0.15) is 24.1 Å². The minimum absolute atomic E-state index is 0.187. The topological polar surface area (TPSA) is 44.5 Å². The standard InChI is InChI=1S/C17H20FNO2/c1-12(19)14-5-8-17(16(18)11-14)21-10-9-13-3-6-15(20-2)7-4-13/h3-8,11-12H,9-10,19H2,1-2H3/t12-/m0/s1. The van der Waals surface area contributed by atoms with Crippen LogP contribution in [-0.2, 0) is 6.42 Å². The largest absolute Gasteiger partial charge is 0.497 e. The fourth-order valence-corrected chi connectivity index (χ4v) is 1.99. The van der Waals surface area contributed by atoms with Gasteiger partial charge in [0.2, 0.25) is 0 Å². The molecule has 0 heterocycles. The van der Waals surface area contributed by atoms with Gasteiger partial charge in [-0.1, -0.05) is 18.2 Å². The first-order valence-electron chi connectivity index (χ1n) is 6.91. The molecule has 0 saturated heterocycles. The second-order valence-electron chi connectivity index (χ2n) is 4.93. The molecule has 0 fully saturated rings. The van der Waals surface area contributed by atoms with Crippen molar-refractivity contribution in [3.8, 4) is 11.5 Å². The number of halogens is 1. The average Bonchev–Trinajstić information content (AvgIpc) is 2.49. The van der Waals surface area contributed by atoms with Crippen LogP contribution >= 0.6 is 0 Å². The predicted octanol–water partition coefficient (Wildman–Crippen LogP) is 3.48. The molecule has 0 bridgehead atoms. The van der Waals surface area contributed by atoms with Crippen molar-refractivity contribution in [3.05, 3.63) is 59.4 Å². The molecule has 0 radical (unpaired) electrons. The van der Waals surface area contributed by atoms with Gasteiger partial charge in [-0.05, 0) is 42.3 Å². The van der Waals surface area contributed by atoms with Crippen LogP contribution in [0.25, 0.3) is 0 Å². The number of hydrogen-bond donors (Lipinski definition) is 1. The number of rotatable bonds is 6. The van der Waals surface area contributed by atoms with E-state index in [0.717, 1.165) is 16.9 Å². The smallest absolute Gasteiger partial charge is 0.165 e. The lowest BCUT2D eigenvalue weighted by atomic mass is 10.1. The first-order chi connectivity index (χ1) is 10.1. The van der Waals surface area contributed by atoms with E-state index in [1.54, 1.807) is 19.2 Å². The molecule has 3 nitrogen and oxygen atoms in total. The van der Waals surface area contributed by atoms with Gasteiger partial charge in [0.05, 0.1) is 13.7 Å². The molecule has 0 aliphatic carbocycles. The minimum atomic E-state index is -0.375. The number of hydrogen-bond acceptors (Lipinski definition) is 3. The van der Waals surface area contributed by atoms with Gasteiger partial charge in [0.25, 0.3) is 0 Å². The van der Waals surface area contributed by atoms with Gasteiger partial charge in [-0.15, -0.1) is 0 Å². The van der Waals surface area contributed by atoms with E-state index in [-0.39, 0.29) is 17.6 Å². The van der Waals surface area contributed by atoms with E-state index in [9.17, 15) is 4.39 Å². The van der Waals surface area contributed by atoms with Gasteiger partial charge in [-0.2, -0.15) is 0 Å². The summed E-state index contributed by atoms with van der Waals surface area (Å²) in [5.41, 5.74) is 7.59. The number of ether oxygens (including phenoxy) is 2. The molecule has 2 aromatic carbocycles. The Morgan fingerprint density at radius 2 is 1.86 bits per heavy atom. The van der Waals surface area contributed by atoms with Crippen molar-refractivity contribution in [2.24, 2.45) is 5.73 Å². The molecule has 1 atom stereocenters. The van der Waals surface area contributed by atoms with Crippen LogP contribution < -0.4 is 15.2 Å². The highest BCUT2D eigenvalue weighted by atomic mass is 19.1. The molecule has 0 amide bonds. The molecule has 2 N–H and O–H groups in total. The maximum Gasteiger partial charge on any atom is 0.165 e. The van der Waals surface area contributed by atoms with Crippen LogP contribution in [0.4, 0.5) is 4.39 Å². The Labute approximate surface area is 124 Å². The SMILES string of the molecule is COc1ccc(CCOc2ccc([C@H](C)N)cc2F)cc1. The lowest BCUT2D eigenvalue weighted by molar-refractivity contribution is 0.305. The summed E-state index contributed by atoms with van der Waals surface area (Å²) >= 11 is 0. The number of benzene rings is 2. The summed E-state index contributed by atoms with van der Waals surface area (Å²) in [6.07, 6.45) is 0.707. The van der Waals surface area contributed by atoms with Crippen LogP contribution in [0.5, 0.6) is 11.5 Å². The predicted molar refractivity (Wildman–Crippen MR) is 81.2 cm³/mol. The van der Waals surface area contributed by atoms with E-state index in [2.05, 4.69) is 0 Å². The maximum absolute atomic E-state index is 13.8. The molecule has 0 unspecified atom stereocenters. The van der Waals surface area contributed by atoms with Crippen molar-refractivity contribution in [2.75, 3.05) is 13.7 Å². The molecule has 0 spiro atoms. The molecule has 0 aromatic heterocycles. The summed E-state index contributed by atoms with van der Waals surface area (Å²) in [5.74, 6) is 0.699. The second-order valence-corrected chi connectivity index (χ2v) is 4.93. The lowest BCUT2D eigenvalue weighted by Crippen LogP contribution is -2.07. The van der Waals surface area contributed by atoms with Crippen molar-refractivity contribution < 1.29 is 13.9 Å². The molecule has 0 aliphatic heterocycles. The second kappa shape index (κ2) is 7.09. The Bertz CT molecular complexity index is 582. The fourth-order valence-electron chi connectivity index (χ4n) is 1.99. The summed E-state index contributed by atoms with van der Waals surface area (Å²) in [7, 11) is 1.63. The van der Waals surface area contributed by atoms with E-state index in [0.29, 0.717) is 13.0 Å². The third-order valence-electron chi connectivity index (χ3n) is 3.29. The summed E-state index contributed by atoms with van der Waals surface area (Å²) < 4.78 is 24.4. The van der Waals surface area contributed by atoms with Gasteiger partial charge in [-0.25, -0.2) is 4.39 Å². The molecule has 0 aliphatic rings. The zero-order valence-electron chi connectivity index (χ0n) is 12.3. The van der Waals surface area contributed by atoms with Crippen molar-refractivity contribution in [1.29, 1.82) is 0 Å². The lowest BCUT2D eigenvalue weighted by Gasteiger charge is -2.10. The number of methoxy groups -OCH3 is 1. The first-order valence-corrected chi connectivity index (χ1v) is 6.91. The summed E-state index contributed by atoms with van der Waals surface area (Å²) in [5, 5.41) is 0. The Balaban J connectivity index is 1.90. The van der Waals surface area contributed by atoms with Crippen LogP contribution in [0, 0.1) is 5.82 Å². The van der Waals surface area contributed by atoms with Crippen LogP contribution in [0.3, 0.4) is 0 Å². The van der Waals surface area contributed by atoms with Gasteiger partial charge >= 0.3 is 0 Å². The van der Waals surface area contributed by atoms with Crippen molar-refractivity contribution in [2.45, 2.75) is 19.4 Å². The molecule has 112 valence electrons. The fraction of sp³-hybridized carbons (Fsp3) is 0.294. The van der Waals surface area contributed by atoms with E-state index in [4.69, 9.17) is 15.2 Å². The highest BCUT2D eigenvalue weighted by Gasteiger charge is 2.07. The molecular weight excluding hydrogens is 269 g/mol. The van der Waals surface area contributed by atoms with Gasteiger partial charge in [0, 0.05) is 12.5 Å². The molecule has 0 saturated carbocycles. The highest BCUT2D eigenvalue weighted by Crippen LogP contribution is 2.21. The van der Waals surface area contributed by atoms with Crippen LogP contribution in [0.2, 0.25) is 0 Å². The van der Waals surface area contributed by atoms with Crippen LogP contribution in [0.15, 0.2) is 42.5 Å². The van der Waals surface area contributed by atoms with E-state index in [1.807, 2.05) is 31.2 Å². The van der Waals surface area contributed by atoms with Crippen LogP contribution in [-0.4, -0.2) is 13.7 Å². The highest BCUT2D eigenvalue weighted by molar-refractivity contribution is 5.31. The molecular formula is C17H20FNO2. The van der Waals surface area contributed by atoms with Crippen molar-refractivity contribution >= 4 is 0 Å². The molecule has 21 heavy (non-hydrogen) atoms. The third-order valence-corrected chi connectivity index (χ3v) is 3.29. The zero-order valence-corrected chi connectivity index (χ0v) is 12.3. The van der Waals surface area contributed by atoms with Gasteiger partial charge in [0.15, 0.2) is 11.6 Å². The Morgan fingerprint density at radius 1 is 1.14 bits per heavy atom. The van der Waals surface area contributed by atoms with Gasteiger partial charge < -0.3 is 15.2 Å². The summed E-state index contributed by atoms with van der Waals surface area (Å²) in [6, 6.07) is 12.4. The molecule has 4 heteroatoms. The van der Waals surface area contributed by atoms with Gasteiger partial charge in [0.1, 0.15) is 5.75 Å². The monoisotopic (exact) mass is 289 g/mol. The zero-order chi connectivity index (χ0) is 15.2. The molecule has 2 aromatic rings. The number of nitrogens with two attached hydrogens (primary N) is 1. The van der Waals surface area contributed by atoms with Crippen molar-refractivity contribution in [1.82, 2.24) is 0 Å². The van der Waals surface area contributed by atoms with Crippen molar-refractivity contribution in [3.63, 3.8) is 0 Å². The Morgan fingerprint density at radius 3 is 2.43 bits per heavy atom. The first kappa shape index (κ1) is 15.3. The normalized spacial score (nSPS) is 12.0. The Kier molecular flexibility index (Phi) is 5.17. The Hall–Kier alpha value is -2.07. The molecule has 2 rings (SSSR count). The quantitative estimate of drug-likeness (QED) is 0.885. The third kappa shape index (κ3) is 4.20. The minimum Gasteiger partial charge on any atom is -0.497 e. The van der Waals surface area contributed by atoms with E-state index >= 15 is 0 Å². The van der Waals surface area contributed by atoms with E-state index < -0.39 is 0 Å². The van der Waals surface area contributed by atoms with Gasteiger partial charge in [-0.3, -0.25) is 0 Å².